The van der Waals surface area contributed by atoms with E-state index in [4.69, 9.17) is 4.74 Å². The van der Waals surface area contributed by atoms with Crippen LogP contribution in [0.4, 0.5) is 4.79 Å². The first-order chi connectivity index (χ1) is 12.3. The van der Waals surface area contributed by atoms with Crippen LogP contribution >= 0.6 is 0 Å². The standard InChI is InChI=1S/C19H39N5O2/c1-6-20-17(21-12-13-23-18(25)26-19(2,3)4)22-14-15-24(5)16-10-8-7-9-11-16/h16H,6-15H2,1-5H3,(H,23,25)(H2,20,21,22). The number of alkyl carbamates (subject to hydrolysis) is 1. The number of rotatable bonds is 8. The summed E-state index contributed by atoms with van der Waals surface area (Å²) < 4.78 is 5.21. The average molecular weight is 370 g/mol. The van der Waals surface area contributed by atoms with Crippen molar-refractivity contribution in [3.8, 4) is 0 Å². The number of likely N-dealkylation sites (N-methyl/N-ethyl adjacent to an activating group) is 1. The van der Waals surface area contributed by atoms with Gasteiger partial charge in [0.2, 0.25) is 0 Å². The predicted molar refractivity (Wildman–Crippen MR) is 108 cm³/mol. The van der Waals surface area contributed by atoms with Crippen molar-refractivity contribution in [2.24, 2.45) is 4.99 Å². The molecule has 0 aromatic rings. The summed E-state index contributed by atoms with van der Waals surface area (Å²) in [6.07, 6.45) is 6.33. The molecule has 0 aromatic heterocycles. The molecular formula is C19H39N5O2. The predicted octanol–water partition coefficient (Wildman–Crippen LogP) is 2.33. The molecule has 3 N–H and O–H groups in total. The molecule has 7 nitrogen and oxygen atoms in total. The van der Waals surface area contributed by atoms with Crippen LogP contribution in [0.5, 0.6) is 0 Å². The van der Waals surface area contributed by atoms with E-state index in [0.29, 0.717) is 19.1 Å². The zero-order valence-electron chi connectivity index (χ0n) is 17.4. The van der Waals surface area contributed by atoms with Gasteiger partial charge in [0.1, 0.15) is 5.60 Å². The van der Waals surface area contributed by atoms with Crippen molar-refractivity contribution in [3.63, 3.8) is 0 Å². The minimum Gasteiger partial charge on any atom is -0.444 e. The van der Waals surface area contributed by atoms with E-state index >= 15 is 0 Å². The summed E-state index contributed by atoms with van der Waals surface area (Å²) >= 11 is 0. The third-order valence-electron chi connectivity index (χ3n) is 4.35. The summed E-state index contributed by atoms with van der Waals surface area (Å²) in [5.41, 5.74) is -0.474. The first kappa shape index (κ1) is 22.5. The Morgan fingerprint density at radius 3 is 2.38 bits per heavy atom. The number of nitrogens with one attached hydrogen (secondary N) is 3. The van der Waals surface area contributed by atoms with Gasteiger partial charge >= 0.3 is 6.09 Å². The Balaban J connectivity index is 2.26. The van der Waals surface area contributed by atoms with Gasteiger partial charge in [-0.05, 0) is 47.6 Å². The topological polar surface area (TPSA) is 78.0 Å². The zero-order chi connectivity index (χ0) is 19.4. The summed E-state index contributed by atoms with van der Waals surface area (Å²) in [6.45, 7) is 11.2. The summed E-state index contributed by atoms with van der Waals surface area (Å²) in [6, 6.07) is 0.715. The van der Waals surface area contributed by atoms with Crippen LogP contribution in [0.3, 0.4) is 0 Å². The number of hydrogen-bond donors (Lipinski definition) is 3. The van der Waals surface area contributed by atoms with Gasteiger partial charge < -0.3 is 25.6 Å². The summed E-state index contributed by atoms with van der Waals surface area (Å²) in [5.74, 6) is 0.788. The smallest absolute Gasteiger partial charge is 0.407 e. The number of carbonyl (C=O) groups is 1. The van der Waals surface area contributed by atoms with Gasteiger partial charge in [-0.1, -0.05) is 19.3 Å². The van der Waals surface area contributed by atoms with E-state index in [2.05, 4.69) is 32.9 Å². The van der Waals surface area contributed by atoms with E-state index in [1.54, 1.807) is 0 Å². The monoisotopic (exact) mass is 369 g/mol. The van der Waals surface area contributed by atoms with E-state index in [0.717, 1.165) is 25.6 Å². The van der Waals surface area contributed by atoms with Gasteiger partial charge in [0.15, 0.2) is 5.96 Å². The van der Waals surface area contributed by atoms with Crippen molar-refractivity contribution >= 4 is 12.1 Å². The normalized spacial score (nSPS) is 16.5. The second-order valence-corrected chi connectivity index (χ2v) is 7.89. The minimum atomic E-state index is -0.474. The lowest BCUT2D eigenvalue weighted by Crippen LogP contribution is -2.43. The third kappa shape index (κ3) is 10.5. The van der Waals surface area contributed by atoms with Crippen LogP contribution in [0.25, 0.3) is 0 Å². The molecule has 1 rings (SSSR count). The van der Waals surface area contributed by atoms with Crippen molar-refractivity contribution in [2.45, 2.75) is 71.4 Å². The van der Waals surface area contributed by atoms with Crippen LogP contribution in [0, 0.1) is 0 Å². The quantitative estimate of drug-likeness (QED) is 0.348. The SMILES string of the molecule is CCNC(=NCCN(C)C1CCCCC1)NCCNC(=O)OC(C)(C)C. The molecule has 0 heterocycles. The highest BCUT2D eigenvalue weighted by atomic mass is 16.6. The molecule has 1 aliphatic rings. The van der Waals surface area contributed by atoms with Gasteiger partial charge in [-0.25, -0.2) is 4.79 Å². The highest BCUT2D eigenvalue weighted by Gasteiger charge is 2.17. The highest BCUT2D eigenvalue weighted by molar-refractivity contribution is 5.79. The number of carbonyl (C=O) groups excluding carboxylic acids is 1. The van der Waals surface area contributed by atoms with Gasteiger partial charge in [-0.15, -0.1) is 0 Å². The Kier molecular flexibility index (Phi) is 10.4. The largest absolute Gasteiger partial charge is 0.444 e. The van der Waals surface area contributed by atoms with E-state index < -0.39 is 11.7 Å². The van der Waals surface area contributed by atoms with Crippen LogP contribution in [0.1, 0.15) is 59.8 Å². The first-order valence-corrected chi connectivity index (χ1v) is 10.0. The fourth-order valence-corrected chi connectivity index (χ4v) is 3.03. The van der Waals surface area contributed by atoms with Crippen molar-refractivity contribution in [1.82, 2.24) is 20.9 Å². The van der Waals surface area contributed by atoms with Crippen molar-refractivity contribution < 1.29 is 9.53 Å². The van der Waals surface area contributed by atoms with E-state index in [9.17, 15) is 4.79 Å². The average Bonchev–Trinajstić information content (AvgIpc) is 2.57. The number of nitrogens with zero attached hydrogens (tertiary/aromatic N) is 2. The second kappa shape index (κ2) is 12.0. The second-order valence-electron chi connectivity index (χ2n) is 7.89. The molecule has 0 bridgehead atoms. The van der Waals surface area contributed by atoms with E-state index in [-0.39, 0.29) is 0 Å². The number of hydrogen-bond acceptors (Lipinski definition) is 4. The molecule has 0 aromatic carbocycles. The number of ether oxygens (including phenoxy) is 1. The molecule has 0 saturated heterocycles. The molecule has 1 saturated carbocycles. The van der Waals surface area contributed by atoms with Crippen LogP contribution < -0.4 is 16.0 Å². The summed E-state index contributed by atoms with van der Waals surface area (Å²) in [4.78, 5) is 18.7. The molecule has 26 heavy (non-hydrogen) atoms. The maximum absolute atomic E-state index is 11.6. The fraction of sp³-hybridized carbons (Fsp3) is 0.895. The Labute approximate surface area is 159 Å². The maximum atomic E-state index is 11.6. The lowest BCUT2D eigenvalue weighted by atomic mass is 9.94. The molecular weight excluding hydrogens is 330 g/mol. The first-order valence-electron chi connectivity index (χ1n) is 10.0. The van der Waals surface area contributed by atoms with Crippen LogP contribution in [0.15, 0.2) is 4.99 Å². The Morgan fingerprint density at radius 1 is 1.12 bits per heavy atom. The number of guanidine groups is 1. The van der Waals surface area contributed by atoms with Gasteiger partial charge in [-0.3, -0.25) is 4.99 Å². The summed E-state index contributed by atoms with van der Waals surface area (Å²) in [7, 11) is 2.20. The molecule has 1 aliphatic carbocycles. The molecule has 0 aliphatic heterocycles. The van der Waals surface area contributed by atoms with Crippen molar-refractivity contribution in [3.05, 3.63) is 0 Å². The van der Waals surface area contributed by atoms with E-state index in [1.807, 2.05) is 27.7 Å². The van der Waals surface area contributed by atoms with Gasteiger partial charge in [0, 0.05) is 32.2 Å². The van der Waals surface area contributed by atoms with E-state index in [1.165, 1.54) is 32.1 Å². The van der Waals surface area contributed by atoms with Gasteiger partial charge in [0.05, 0.1) is 6.54 Å². The van der Waals surface area contributed by atoms with Crippen molar-refractivity contribution in [1.29, 1.82) is 0 Å². The lowest BCUT2D eigenvalue weighted by Gasteiger charge is -2.30. The molecule has 1 amide bonds. The van der Waals surface area contributed by atoms with Gasteiger partial charge in [-0.2, -0.15) is 0 Å². The fourth-order valence-electron chi connectivity index (χ4n) is 3.03. The maximum Gasteiger partial charge on any atom is 0.407 e. The molecule has 0 unspecified atom stereocenters. The Bertz CT molecular complexity index is 428. The zero-order valence-corrected chi connectivity index (χ0v) is 17.4. The third-order valence-corrected chi connectivity index (χ3v) is 4.35. The van der Waals surface area contributed by atoms with Crippen LogP contribution in [-0.2, 0) is 4.74 Å². The molecule has 0 atom stereocenters. The summed E-state index contributed by atoms with van der Waals surface area (Å²) in [5, 5.41) is 9.22. The Morgan fingerprint density at radius 2 is 1.77 bits per heavy atom. The highest BCUT2D eigenvalue weighted by Crippen LogP contribution is 2.21. The minimum absolute atomic E-state index is 0.393. The molecule has 7 heteroatoms. The molecule has 0 spiro atoms. The lowest BCUT2D eigenvalue weighted by molar-refractivity contribution is 0.0529. The molecule has 0 radical (unpaired) electrons. The van der Waals surface area contributed by atoms with Crippen LogP contribution in [-0.4, -0.2) is 68.4 Å². The van der Waals surface area contributed by atoms with Gasteiger partial charge in [0.25, 0.3) is 0 Å². The number of amides is 1. The molecule has 152 valence electrons. The van der Waals surface area contributed by atoms with Crippen LogP contribution in [0.2, 0.25) is 0 Å². The number of aliphatic imine (C=N–C) groups is 1. The Hall–Kier alpha value is -1.50. The van der Waals surface area contributed by atoms with Crippen molar-refractivity contribution in [2.75, 3.05) is 39.8 Å². The molecule has 1 fully saturated rings.